The maximum Gasteiger partial charge on any atom is 0.306 e. The summed E-state index contributed by atoms with van der Waals surface area (Å²) in [5.41, 5.74) is 1.97. The van der Waals surface area contributed by atoms with Gasteiger partial charge >= 0.3 is 5.97 Å². The van der Waals surface area contributed by atoms with Crippen molar-refractivity contribution in [1.82, 2.24) is 5.48 Å². The maximum absolute atomic E-state index is 10.9. The fraction of sp³-hybridized carbons (Fsp3) is 0.750. The van der Waals surface area contributed by atoms with Crippen LogP contribution in [-0.2, 0) is 14.4 Å². The molecule has 3 N–H and O–H groups in total. The Labute approximate surface area is 81.8 Å². The van der Waals surface area contributed by atoms with Crippen molar-refractivity contribution in [2.24, 2.45) is 0 Å². The molecule has 0 saturated heterocycles. The Morgan fingerprint density at radius 1 is 1.50 bits per heavy atom. The van der Waals surface area contributed by atoms with E-state index in [9.17, 15) is 9.59 Å². The first kappa shape index (κ1) is 12.9. The highest BCUT2D eigenvalue weighted by Gasteiger charge is 2.18. The molecule has 1 unspecified atom stereocenters. The van der Waals surface area contributed by atoms with Crippen LogP contribution in [0.1, 0.15) is 26.2 Å². The Morgan fingerprint density at radius 3 is 2.64 bits per heavy atom. The van der Waals surface area contributed by atoms with Crippen molar-refractivity contribution in [3.63, 3.8) is 0 Å². The van der Waals surface area contributed by atoms with Gasteiger partial charge < -0.3 is 10.2 Å². The van der Waals surface area contributed by atoms with Crippen LogP contribution in [0.2, 0.25) is 0 Å². The van der Waals surface area contributed by atoms with Crippen molar-refractivity contribution < 1.29 is 24.6 Å². The molecule has 6 heteroatoms. The molecule has 1 amide bonds. The van der Waals surface area contributed by atoms with Gasteiger partial charge in [0.15, 0.2) is 0 Å². The minimum Gasteiger partial charge on any atom is -0.481 e. The topological polar surface area (TPSA) is 95.9 Å². The number of hydroxylamine groups is 1. The fourth-order valence-corrected chi connectivity index (χ4v) is 0.665. The summed E-state index contributed by atoms with van der Waals surface area (Å²) in [6.07, 6.45) is -0.472. The van der Waals surface area contributed by atoms with Crippen LogP contribution in [0.25, 0.3) is 0 Å². The molecule has 0 spiro atoms. The van der Waals surface area contributed by atoms with E-state index in [-0.39, 0.29) is 0 Å². The minimum atomic E-state index is -1.56. The molecule has 0 saturated carbocycles. The third kappa shape index (κ3) is 6.38. The third-order valence-corrected chi connectivity index (χ3v) is 1.44. The van der Waals surface area contributed by atoms with Crippen LogP contribution in [0.5, 0.6) is 0 Å². The van der Waals surface area contributed by atoms with Crippen molar-refractivity contribution in [3.8, 4) is 0 Å². The number of carboxylic acid groups (broad SMARTS) is 1. The lowest BCUT2D eigenvalue weighted by atomic mass is 10.2. The van der Waals surface area contributed by atoms with E-state index in [0.717, 1.165) is 12.8 Å². The van der Waals surface area contributed by atoms with Crippen molar-refractivity contribution >= 4 is 11.9 Å². The normalized spacial score (nSPS) is 12.1. The molecule has 0 radical (unpaired) electrons. The van der Waals surface area contributed by atoms with E-state index in [1.807, 2.05) is 12.4 Å². The summed E-state index contributed by atoms with van der Waals surface area (Å²) >= 11 is 0. The average Bonchev–Trinajstić information content (AvgIpc) is 2.11. The molecule has 6 nitrogen and oxygen atoms in total. The molecule has 0 rings (SSSR count). The van der Waals surface area contributed by atoms with E-state index in [0.29, 0.717) is 6.61 Å². The zero-order valence-electron chi connectivity index (χ0n) is 8.02. The number of aliphatic carboxylic acids is 1. The first-order chi connectivity index (χ1) is 6.57. The molecule has 1 atom stereocenters. The molecule has 0 aliphatic heterocycles. The predicted octanol–water partition coefficient (Wildman–Crippen LogP) is -0.330. The summed E-state index contributed by atoms with van der Waals surface area (Å²) in [7, 11) is 0. The Balaban J connectivity index is 3.57. The predicted molar refractivity (Wildman–Crippen MR) is 47.3 cm³/mol. The lowest BCUT2D eigenvalue weighted by molar-refractivity contribution is -0.149. The molecule has 0 aliphatic carbocycles. The summed E-state index contributed by atoms with van der Waals surface area (Å²) < 4.78 is 0. The Hall–Kier alpha value is -1.14. The number of carbonyl (C=O) groups excluding carboxylic acids is 1. The van der Waals surface area contributed by atoms with Gasteiger partial charge in [-0.2, -0.15) is 0 Å². The maximum atomic E-state index is 10.9. The van der Waals surface area contributed by atoms with Gasteiger partial charge in [0, 0.05) is 0 Å². The lowest BCUT2D eigenvalue weighted by Crippen LogP contribution is -2.36. The Bertz CT molecular complexity index is 194. The SMILES string of the molecule is CCCCONC(=O)C(O)CC(=O)O. The molecule has 0 aliphatic rings. The van der Waals surface area contributed by atoms with Crippen molar-refractivity contribution in [2.45, 2.75) is 32.3 Å². The molecule has 0 aromatic heterocycles. The third-order valence-electron chi connectivity index (χ3n) is 1.44. The molecule has 0 heterocycles. The van der Waals surface area contributed by atoms with Crippen LogP contribution in [0, 0.1) is 0 Å². The molecule has 0 fully saturated rings. The van der Waals surface area contributed by atoms with E-state index in [1.54, 1.807) is 0 Å². The molecule has 0 aromatic rings. The minimum absolute atomic E-state index is 0.349. The highest BCUT2D eigenvalue weighted by Crippen LogP contribution is 1.92. The van der Waals surface area contributed by atoms with Crippen LogP contribution in [-0.4, -0.2) is 34.8 Å². The van der Waals surface area contributed by atoms with Gasteiger partial charge in [-0.1, -0.05) is 13.3 Å². The fourth-order valence-electron chi connectivity index (χ4n) is 0.665. The van der Waals surface area contributed by atoms with Gasteiger partial charge in [-0.15, -0.1) is 0 Å². The number of aliphatic hydroxyl groups is 1. The van der Waals surface area contributed by atoms with E-state index in [1.165, 1.54) is 0 Å². The average molecular weight is 205 g/mol. The van der Waals surface area contributed by atoms with Crippen molar-refractivity contribution in [1.29, 1.82) is 0 Å². The van der Waals surface area contributed by atoms with Gasteiger partial charge in [-0.25, -0.2) is 5.48 Å². The molecule has 0 aromatic carbocycles. The van der Waals surface area contributed by atoms with Crippen LogP contribution in [0.15, 0.2) is 0 Å². The number of hydrogen-bond acceptors (Lipinski definition) is 4. The number of carbonyl (C=O) groups is 2. The number of aliphatic hydroxyl groups excluding tert-OH is 1. The van der Waals surface area contributed by atoms with Gasteiger partial charge in [-0.3, -0.25) is 14.4 Å². The first-order valence-corrected chi connectivity index (χ1v) is 4.39. The van der Waals surface area contributed by atoms with Gasteiger partial charge in [0.1, 0.15) is 6.10 Å². The monoisotopic (exact) mass is 205 g/mol. The Kier molecular flexibility index (Phi) is 6.69. The van der Waals surface area contributed by atoms with Crippen molar-refractivity contribution in [2.75, 3.05) is 6.61 Å². The standard InChI is InChI=1S/C8H15NO5/c1-2-3-4-14-9-8(13)6(10)5-7(11)12/h6,10H,2-5H2,1H3,(H,9,13)(H,11,12). The van der Waals surface area contributed by atoms with Crippen molar-refractivity contribution in [3.05, 3.63) is 0 Å². The van der Waals surface area contributed by atoms with Crippen LogP contribution < -0.4 is 5.48 Å². The molecule has 0 bridgehead atoms. The van der Waals surface area contributed by atoms with Crippen LogP contribution in [0.3, 0.4) is 0 Å². The summed E-state index contributed by atoms with van der Waals surface area (Å²) in [5, 5.41) is 17.2. The highest BCUT2D eigenvalue weighted by atomic mass is 16.7. The second-order valence-electron chi connectivity index (χ2n) is 2.78. The highest BCUT2D eigenvalue weighted by molar-refractivity contribution is 5.84. The molecular formula is C8H15NO5. The molecule has 82 valence electrons. The zero-order chi connectivity index (χ0) is 11.0. The number of amides is 1. The van der Waals surface area contributed by atoms with E-state index < -0.39 is 24.4 Å². The lowest BCUT2D eigenvalue weighted by Gasteiger charge is -2.08. The van der Waals surface area contributed by atoms with Crippen LogP contribution in [0.4, 0.5) is 0 Å². The zero-order valence-corrected chi connectivity index (χ0v) is 8.02. The number of nitrogens with one attached hydrogen (secondary N) is 1. The smallest absolute Gasteiger partial charge is 0.306 e. The van der Waals surface area contributed by atoms with Crippen LogP contribution >= 0.6 is 0 Å². The number of hydrogen-bond donors (Lipinski definition) is 3. The molecular weight excluding hydrogens is 190 g/mol. The second-order valence-corrected chi connectivity index (χ2v) is 2.78. The number of unbranched alkanes of at least 4 members (excludes halogenated alkanes) is 1. The number of carboxylic acids is 1. The van der Waals surface area contributed by atoms with Gasteiger partial charge in [0.25, 0.3) is 5.91 Å². The van der Waals surface area contributed by atoms with E-state index in [2.05, 4.69) is 4.84 Å². The van der Waals surface area contributed by atoms with E-state index >= 15 is 0 Å². The van der Waals surface area contributed by atoms with E-state index in [4.69, 9.17) is 10.2 Å². The Morgan fingerprint density at radius 2 is 2.14 bits per heavy atom. The quantitative estimate of drug-likeness (QED) is 0.390. The summed E-state index contributed by atoms with van der Waals surface area (Å²) in [6.45, 7) is 2.31. The molecule has 14 heavy (non-hydrogen) atoms. The summed E-state index contributed by atoms with van der Waals surface area (Å²) in [4.78, 5) is 25.7. The number of rotatable bonds is 7. The van der Waals surface area contributed by atoms with Gasteiger partial charge in [0.2, 0.25) is 0 Å². The summed E-state index contributed by atoms with van der Waals surface area (Å²) in [6, 6.07) is 0. The second kappa shape index (κ2) is 7.28. The first-order valence-electron chi connectivity index (χ1n) is 4.39. The van der Waals surface area contributed by atoms with Gasteiger partial charge in [0.05, 0.1) is 13.0 Å². The van der Waals surface area contributed by atoms with Gasteiger partial charge in [-0.05, 0) is 6.42 Å². The summed E-state index contributed by atoms with van der Waals surface area (Å²) in [5.74, 6) is -2.07. The largest absolute Gasteiger partial charge is 0.481 e.